The molecule has 0 saturated heterocycles. The summed E-state index contributed by atoms with van der Waals surface area (Å²) in [7, 11) is 0. The molecule has 1 aliphatic carbocycles. The molecule has 0 aliphatic heterocycles. The maximum atomic E-state index is 12.3. The average molecular weight is 297 g/mol. The predicted molar refractivity (Wildman–Crippen MR) is 81.1 cm³/mol. The number of rotatable bonds is 4. The number of halogens is 1. The summed E-state index contributed by atoms with van der Waals surface area (Å²) in [5.41, 5.74) is 6.06. The Bertz CT molecular complexity index is 514. The summed E-state index contributed by atoms with van der Waals surface area (Å²) in [4.78, 5) is 12.6. The summed E-state index contributed by atoms with van der Waals surface area (Å²) in [5, 5.41) is 3.64. The third kappa shape index (κ3) is 2.74. The van der Waals surface area contributed by atoms with Crippen molar-refractivity contribution in [3.63, 3.8) is 0 Å². The molecule has 1 atom stereocenters. The Morgan fingerprint density at radius 1 is 1.53 bits per heavy atom. The number of hydrogen-bond donors (Lipinski definition) is 2. The van der Waals surface area contributed by atoms with Gasteiger partial charge in [0.1, 0.15) is 0 Å². The maximum absolute atomic E-state index is 12.3. The number of nitrogens with one attached hydrogen (secondary N) is 1. The van der Waals surface area contributed by atoms with E-state index in [9.17, 15) is 4.79 Å². The van der Waals surface area contributed by atoms with Crippen molar-refractivity contribution in [3.05, 3.63) is 34.9 Å². The van der Waals surface area contributed by atoms with Crippen LogP contribution in [0.2, 0.25) is 5.02 Å². The molecule has 3 nitrogen and oxygen atoms in total. The largest absolute Gasteiger partial charge is 0.392 e. The third-order valence-electron chi connectivity index (χ3n) is 3.81. The highest BCUT2D eigenvalue weighted by Crippen LogP contribution is 2.41. The van der Waals surface area contributed by atoms with Gasteiger partial charge in [-0.15, -0.1) is 0 Å². The van der Waals surface area contributed by atoms with Crippen LogP contribution in [0.4, 0.5) is 0 Å². The van der Waals surface area contributed by atoms with Crippen molar-refractivity contribution in [1.82, 2.24) is 5.32 Å². The van der Waals surface area contributed by atoms with Crippen LogP contribution in [-0.4, -0.2) is 10.9 Å². The fourth-order valence-electron chi connectivity index (χ4n) is 2.31. The van der Waals surface area contributed by atoms with Gasteiger partial charge < -0.3 is 11.1 Å². The van der Waals surface area contributed by atoms with E-state index in [0.717, 1.165) is 24.8 Å². The first-order chi connectivity index (χ1) is 8.95. The lowest BCUT2D eigenvalue weighted by Crippen LogP contribution is -2.53. The minimum Gasteiger partial charge on any atom is -0.392 e. The van der Waals surface area contributed by atoms with Crippen LogP contribution in [0.25, 0.3) is 0 Å². The Labute approximate surface area is 123 Å². The number of carbonyl (C=O) groups excluding carboxylic acids is 1. The molecule has 5 heteroatoms. The average Bonchev–Trinajstić information content (AvgIpc) is 2.26. The molecular formula is C14H17ClN2OS. The lowest BCUT2D eigenvalue weighted by atomic mass is 9.68. The first-order valence-electron chi connectivity index (χ1n) is 6.32. The smallest absolute Gasteiger partial charge is 0.233 e. The molecule has 3 N–H and O–H groups in total. The molecule has 1 fully saturated rings. The second-order valence-electron chi connectivity index (χ2n) is 5.05. The lowest BCUT2D eigenvalue weighted by molar-refractivity contribution is -0.131. The van der Waals surface area contributed by atoms with Crippen molar-refractivity contribution in [2.24, 2.45) is 11.1 Å². The Morgan fingerprint density at radius 2 is 2.21 bits per heavy atom. The molecule has 1 saturated carbocycles. The van der Waals surface area contributed by atoms with Crippen LogP contribution in [-0.2, 0) is 4.79 Å². The minimum absolute atomic E-state index is 0.0706. The molecule has 2 rings (SSSR count). The van der Waals surface area contributed by atoms with Crippen molar-refractivity contribution in [3.8, 4) is 0 Å². The van der Waals surface area contributed by atoms with Crippen molar-refractivity contribution in [2.45, 2.75) is 32.2 Å². The van der Waals surface area contributed by atoms with Gasteiger partial charge in [-0.2, -0.15) is 0 Å². The van der Waals surface area contributed by atoms with E-state index in [1.165, 1.54) is 0 Å². The molecule has 0 spiro atoms. The van der Waals surface area contributed by atoms with Gasteiger partial charge in [-0.1, -0.05) is 42.4 Å². The fourth-order valence-corrected chi connectivity index (χ4v) is 2.81. The minimum atomic E-state index is -0.637. The van der Waals surface area contributed by atoms with Crippen LogP contribution < -0.4 is 11.1 Å². The molecule has 102 valence electrons. The molecule has 1 unspecified atom stereocenters. The van der Waals surface area contributed by atoms with Crippen LogP contribution >= 0.6 is 23.8 Å². The van der Waals surface area contributed by atoms with Gasteiger partial charge in [0, 0.05) is 5.02 Å². The van der Waals surface area contributed by atoms with Crippen molar-refractivity contribution in [2.75, 3.05) is 0 Å². The first kappa shape index (κ1) is 14.3. The number of benzene rings is 1. The Kier molecular flexibility index (Phi) is 4.11. The highest BCUT2D eigenvalue weighted by molar-refractivity contribution is 7.80. The van der Waals surface area contributed by atoms with E-state index < -0.39 is 5.41 Å². The maximum Gasteiger partial charge on any atom is 0.233 e. The van der Waals surface area contributed by atoms with Gasteiger partial charge in [0.05, 0.1) is 16.4 Å². The van der Waals surface area contributed by atoms with Crippen LogP contribution in [0.3, 0.4) is 0 Å². The van der Waals surface area contributed by atoms with Crippen LogP contribution in [0.5, 0.6) is 0 Å². The van der Waals surface area contributed by atoms with Crippen LogP contribution in [0, 0.1) is 5.41 Å². The number of thiocarbonyl (C=S) groups is 1. The predicted octanol–water partition coefficient (Wildman–Crippen LogP) is 2.97. The summed E-state index contributed by atoms with van der Waals surface area (Å²) in [5.74, 6) is -0.0706. The molecule has 1 amide bonds. The first-order valence-corrected chi connectivity index (χ1v) is 7.11. The summed E-state index contributed by atoms with van der Waals surface area (Å²) in [6.45, 7) is 1.93. The standard InChI is InChI=1S/C14H17ClN2OS/c1-9(10-4-2-5-11(15)8-10)17-13(18)14(12(16)19)6-3-7-14/h2,4-5,8-9H,3,6-7H2,1H3,(H2,16,19)(H,17,18). The highest BCUT2D eigenvalue weighted by atomic mass is 35.5. The normalized spacial score (nSPS) is 18.2. The van der Waals surface area contributed by atoms with Gasteiger partial charge in [-0.25, -0.2) is 0 Å². The van der Waals surface area contributed by atoms with Crippen molar-refractivity contribution >= 4 is 34.7 Å². The molecule has 0 radical (unpaired) electrons. The molecular weight excluding hydrogens is 280 g/mol. The van der Waals surface area contributed by atoms with Crippen LogP contribution in [0.15, 0.2) is 24.3 Å². The molecule has 0 bridgehead atoms. The Hall–Kier alpha value is -1.13. The van der Waals surface area contributed by atoms with E-state index in [4.69, 9.17) is 29.6 Å². The summed E-state index contributed by atoms with van der Waals surface area (Å²) < 4.78 is 0. The number of hydrogen-bond acceptors (Lipinski definition) is 2. The second-order valence-corrected chi connectivity index (χ2v) is 5.93. The molecule has 19 heavy (non-hydrogen) atoms. The number of nitrogens with two attached hydrogens (primary N) is 1. The summed E-state index contributed by atoms with van der Waals surface area (Å²) in [6, 6.07) is 7.35. The van der Waals surface area contributed by atoms with Crippen LogP contribution in [0.1, 0.15) is 37.8 Å². The highest BCUT2D eigenvalue weighted by Gasteiger charge is 2.47. The van der Waals surface area contributed by atoms with Crippen molar-refractivity contribution in [1.29, 1.82) is 0 Å². The quantitative estimate of drug-likeness (QED) is 0.840. The summed E-state index contributed by atoms with van der Waals surface area (Å²) in [6.07, 6.45) is 2.49. The molecule has 1 aromatic rings. The monoisotopic (exact) mass is 296 g/mol. The Morgan fingerprint density at radius 3 is 2.68 bits per heavy atom. The number of carbonyl (C=O) groups is 1. The zero-order valence-corrected chi connectivity index (χ0v) is 12.4. The molecule has 1 aromatic carbocycles. The van der Waals surface area contributed by atoms with E-state index in [0.29, 0.717) is 10.0 Å². The third-order valence-corrected chi connectivity index (χ3v) is 4.44. The van der Waals surface area contributed by atoms with Gasteiger partial charge in [0.2, 0.25) is 5.91 Å². The lowest BCUT2D eigenvalue weighted by Gasteiger charge is -2.39. The van der Waals surface area contributed by atoms with Gasteiger partial charge in [-0.05, 0) is 37.5 Å². The molecule has 0 heterocycles. The van der Waals surface area contributed by atoms with Gasteiger partial charge in [0.25, 0.3) is 0 Å². The fraction of sp³-hybridized carbons (Fsp3) is 0.429. The zero-order chi connectivity index (χ0) is 14.0. The SMILES string of the molecule is CC(NC(=O)C1(C(N)=S)CCC1)c1cccc(Cl)c1. The zero-order valence-electron chi connectivity index (χ0n) is 10.8. The second kappa shape index (κ2) is 5.47. The molecule has 0 aromatic heterocycles. The van der Waals surface area contributed by atoms with Crippen molar-refractivity contribution < 1.29 is 4.79 Å². The van der Waals surface area contributed by atoms with E-state index in [1.807, 2.05) is 31.2 Å². The van der Waals surface area contributed by atoms with E-state index >= 15 is 0 Å². The molecule has 1 aliphatic rings. The van der Waals surface area contributed by atoms with Gasteiger partial charge >= 0.3 is 0 Å². The topological polar surface area (TPSA) is 55.1 Å². The Balaban J connectivity index is 2.09. The van der Waals surface area contributed by atoms with E-state index in [-0.39, 0.29) is 11.9 Å². The van der Waals surface area contributed by atoms with E-state index in [1.54, 1.807) is 0 Å². The summed E-state index contributed by atoms with van der Waals surface area (Å²) >= 11 is 11.0. The number of amides is 1. The van der Waals surface area contributed by atoms with Gasteiger partial charge in [0.15, 0.2) is 0 Å². The van der Waals surface area contributed by atoms with E-state index in [2.05, 4.69) is 5.32 Å². The van der Waals surface area contributed by atoms with Gasteiger partial charge in [-0.3, -0.25) is 4.79 Å².